The maximum atomic E-state index is 6.44. The van der Waals surface area contributed by atoms with Crippen molar-refractivity contribution in [2.24, 2.45) is 5.92 Å². The van der Waals surface area contributed by atoms with Crippen molar-refractivity contribution in [2.75, 3.05) is 6.54 Å². The fraction of sp³-hybridized carbons (Fsp3) is 0.625. The topological polar surface area (TPSA) is 12.0 Å². The van der Waals surface area contributed by atoms with Crippen molar-refractivity contribution in [3.05, 3.63) is 33.8 Å². The highest BCUT2D eigenvalue weighted by Crippen LogP contribution is 2.32. The van der Waals surface area contributed by atoms with Gasteiger partial charge in [-0.15, -0.1) is 0 Å². The molecule has 1 rings (SSSR count). The first kappa shape index (κ1) is 15.5. The molecule has 0 radical (unpaired) electrons. The van der Waals surface area contributed by atoms with Crippen molar-refractivity contribution in [3.8, 4) is 0 Å². The highest BCUT2D eigenvalue weighted by atomic mass is 35.5. The van der Waals surface area contributed by atoms with Gasteiger partial charge in [0.15, 0.2) is 0 Å². The third-order valence-corrected chi connectivity index (χ3v) is 4.01. The van der Waals surface area contributed by atoms with E-state index in [9.17, 15) is 0 Å². The Bertz CT molecular complexity index is 387. The van der Waals surface area contributed by atoms with Crippen LogP contribution in [0.1, 0.15) is 56.3 Å². The zero-order valence-corrected chi connectivity index (χ0v) is 13.1. The second-order valence-corrected chi connectivity index (χ2v) is 5.67. The molecule has 0 saturated carbocycles. The van der Waals surface area contributed by atoms with Crippen molar-refractivity contribution in [1.82, 2.24) is 5.32 Å². The number of nitrogens with one attached hydrogen (secondary N) is 1. The van der Waals surface area contributed by atoms with Crippen LogP contribution < -0.4 is 5.32 Å². The maximum Gasteiger partial charge on any atom is 0.0456 e. The van der Waals surface area contributed by atoms with Crippen molar-refractivity contribution >= 4 is 11.6 Å². The average molecular weight is 268 g/mol. The van der Waals surface area contributed by atoms with Crippen LogP contribution in [0.2, 0.25) is 5.02 Å². The van der Waals surface area contributed by atoms with Crippen LogP contribution in [-0.2, 0) is 0 Å². The molecule has 2 atom stereocenters. The van der Waals surface area contributed by atoms with Gasteiger partial charge in [0.05, 0.1) is 0 Å². The van der Waals surface area contributed by atoms with Crippen molar-refractivity contribution in [3.63, 3.8) is 0 Å². The Morgan fingerprint density at radius 2 is 1.78 bits per heavy atom. The van der Waals surface area contributed by atoms with Crippen LogP contribution in [0.3, 0.4) is 0 Å². The Labute approximate surface area is 117 Å². The molecule has 102 valence electrons. The summed E-state index contributed by atoms with van der Waals surface area (Å²) in [5.74, 6) is 0.606. The molecule has 0 aliphatic carbocycles. The summed E-state index contributed by atoms with van der Waals surface area (Å²) in [5, 5.41) is 4.48. The van der Waals surface area contributed by atoms with E-state index in [0.717, 1.165) is 11.6 Å². The van der Waals surface area contributed by atoms with Gasteiger partial charge in [0.2, 0.25) is 0 Å². The lowest BCUT2D eigenvalue weighted by molar-refractivity contribution is 0.369. The molecule has 1 aromatic rings. The number of halogens is 1. The van der Waals surface area contributed by atoms with Crippen LogP contribution in [0.15, 0.2) is 12.1 Å². The molecular formula is C16H26ClN. The monoisotopic (exact) mass is 267 g/mol. The number of aryl methyl sites for hydroxylation is 2. The molecule has 0 bridgehead atoms. The minimum absolute atomic E-state index is 0.363. The summed E-state index contributed by atoms with van der Waals surface area (Å²) >= 11 is 6.44. The minimum atomic E-state index is 0.363. The van der Waals surface area contributed by atoms with Crippen LogP contribution in [0.4, 0.5) is 0 Å². The number of hydrogen-bond acceptors (Lipinski definition) is 1. The zero-order valence-electron chi connectivity index (χ0n) is 12.3. The van der Waals surface area contributed by atoms with Gasteiger partial charge in [0.1, 0.15) is 0 Å². The highest BCUT2D eigenvalue weighted by Gasteiger charge is 2.20. The van der Waals surface area contributed by atoms with Crippen molar-refractivity contribution < 1.29 is 0 Å². The smallest absolute Gasteiger partial charge is 0.0456 e. The summed E-state index contributed by atoms with van der Waals surface area (Å²) in [6.07, 6.45) is 2.44. The van der Waals surface area contributed by atoms with E-state index in [4.69, 9.17) is 11.6 Å². The molecule has 0 fully saturated rings. The third kappa shape index (κ3) is 3.73. The second-order valence-electron chi connectivity index (χ2n) is 5.26. The molecule has 0 aliphatic rings. The van der Waals surface area contributed by atoms with Gasteiger partial charge in [0.25, 0.3) is 0 Å². The Morgan fingerprint density at radius 3 is 2.33 bits per heavy atom. The Morgan fingerprint density at radius 1 is 1.17 bits per heavy atom. The van der Waals surface area contributed by atoms with E-state index in [1.165, 1.54) is 29.5 Å². The maximum absolute atomic E-state index is 6.44. The summed E-state index contributed by atoms with van der Waals surface area (Å²) in [4.78, 5) is 0. The second kappa shape index (κ2) is 7.16. The largest absolute Gasteiger partial charge is 0.310 e. The molecule has 18 heavy (non-hydrogen) atoms. The normalized spacial score (nSPS) is 14.6. The van der Waals surface area contributed by atoms with E-state index in [1.54, 1.807) is 0 Å². The summed E-state index contributed by atoms with van der Waals surface area (Å²) in [6.45, 7) is 11.9. The van der Waals surface area contributed by atoms with Crippen molar-refractivity contribution in [2.45, 2.75) is 53.5 Å². The predicted molar refractivity (Wildman–Crippen MR) is 81.4 cm³/mol. The van der Waals surface area contributed by atoms with Crippen LogP contribution in [0.25, 0.3) is 0 Å². The molecule has 1 nitrogen and oxygen atoms in total. The number of hydrogen-bond donors (Lipinski definition) is 1. The molecule has 0 aromatic heterocycles. The first-order chi connectivity index (χ1) is 8.51. The molecule has 0 amide bonds. The van der Waals surface area contributed by atoms with E-state index in [2.05, 4.69) is 52.1 Å². The van der Waals surface area contributed by atoms with E-state index in [-0.39, 0.29) is 0 Å². The van der Waals surface area contributed by atoms with E-state index < -0.39 is 0 Å². The lowest BCUT2D eigenvalue weighted by atomic mass is 9.89. The van der Waals surface area contributed by atoms with Gasteiger partial charge in [0, 0.05) is 11.1 Å². The van der Waals surface area contributed by atoms with Gasteiger partial charge in [-0.25, -0.2) is 0 Å². The predicted octanol–water partition coefficient (Wildman–Crippen LogP) is 5.04. The third-order valence-electron chi connectivity index (χ3n) is 3.69. The molecular weight excluding hydrogens is 242 g/mol. The van der Waals surface area contributed by atoms with E-state index >= 15 is 0 Å². The molecule has 0 aliphatic heterocycles. The lowest BCUT2D eigenvalue weighted by Crippen LogP contribution is -2.27. The molecule has 0 spiro atoms. The standard InChI is InChI=1S/C16H26ClN/c1-6-8-11(3)16(18-7-2)14-9-12(4)13(5)10-15(14)17/h9-11,16,18H,6-8H2,1-5H3. The van der Waals surface area contributed by atoms with Gasteiger partial charge in [-0.05, 0) is 55.5 Å². The van der Waals surface area contributed by atoms with Crippen LogP contribution in [-0.4, -0.2) is 6.54 Å². The highest BCUT2D eigenvalue weighted by molar-refractivity contribution is 6.31. The first-order valence-electron chi connectivity index (χ1n) is 7.01. The van der Waals surface area contributed by atoms with Gasteiger partial charge < -0.3 is 5.32 Å². The lowest BCUT2D eigenvalue weighted by Gasteiger charge is -2.26. The summed E-state index contributed by atoms with van der Waals surface area (Å²) in [7, 11) is 0. The summed E-state index contributed by atoms with van der Waals surface area (Å²) < 4.78 is 0. The Balaban J connectivity index is 3.08. The minimum Gasteiger partial charge on any atom is -0.310 e. The van der Waals surface area contributed by atoms with Crippen molar-refractivity contribution in [1.29, 1.82) is 0 Å². The SMILES string of the molecule is CCCC(C)C(NCC)c1cc(C)c(C)cc1Cl. The van der Waals surface area contributed by atoms with Gasteiger partial charge in [-0.1, -0.05) is 44.9 Å². The summed E-state index contributed by atoms with van der Waals surface area (Å²) in [5.41, 5.74) is 3.84. The Kier molecular flexibility index (Phi) is 6.17. The van der Waals surface area contributed by atoms with E-state index in [0.29, 0.717) is 12.0 Å². The average Bonchev–Trinajstić information content (AvgIpc) is 2.31. The van der Waals surface area contributed by atoms with E-state index in [1.807, 2.05) is 0 Å². The molecule has 0 heterocycles. The number of benzene rings is 1. The Hall–Kier alpha value is -0.530. The molecule has 1 N–H and O–H groups in total. The van der Waals surface area contributed by atoms with Crippen LogP contribution in [0.5, 0.6) is 0 Å². The van der Waals surface area contributed by atoms with Gasteiger partial charge in [-0.2, -0.15) is 0 Å². The van der Waals surface area contributed by atoms with Crippen LogP contribution in [0, 0.1) is 19.8 Å². The van der Waals surface area contributed by atoms with Gasteiger partial charge in [-0.3, -0.25) is 0 Å². The molecule has 2 unspecified atom stereocenters. The number of rotatable bonds is 6. The molecule has 0 saturated heterocycles. The zero-order chi connectivity index (χ0) is 13.7. The first-order valence-corrected chi connectivity index (χ1v) is 7.39. The molecule has 2 heteroatoms. The molecule has 1 aromatic carbocycles. The quantitative estimate of drug-likeness (QED) is 0.761. The fourth-order valence-corrected chi connectivity index (χ4v) is 2.84. The van der Waals surface area contributed by atoms with Crippen LogP contribution >= 0.6 is 11.6 Å². The fourth-order valence-electron chi connectivity index (χ4n) is 2.50. The van der Waals surface area contributed by atoms with Gasteiger partial charge >= 0.3 is 0 Å². The summed E-state index contributed by atoms with van der Waals surface area (Å²) in [6, 6.07) is 4.70.